The number of hydrogen-bond acceptors (Lipinski definition) is 3. The molecule has 0 aliphatic carbocycles. The summed E-state index contributed by atoms with van der Waals surface area (Å²) in [5.74, 6) is -1.63. The van der Waals surface area contributed by atoms with Crippen LogP contribution in [-0.4, -0.2) is 29.6 Å². The van der Waals surface area contributed by atoms with Crippen LogP contribution in [0.5, 0.6) is 0 Å². The first kappa shape index (κ1) is 11.9. The highest BCUT2D eigenvalue weighted by atomic mass is 16.4. The van der Waals surface area contributed by atoms with E-state index in [1.54, 1.807) is 0 Å². The first-order chi connectivity index (χ1) is 6.07. The average molecular weight is 188 g/mol. The van der Waals surface area contributed by atoms with Gasteiger partial charge in [0.15, 0.2) is 0 Å². The van der Waals surface area contributed by atoms with Gasteiger partial charge in [-0.1, -0.05) is 13.3 Å². The second-order valence-electron chi connectivity index (χ2n) is 2.87. The Balaban J connectivity index is 3.81. The molecule has 76 valence electrons. The smallest absolute Gasteiger partial charge is 0.321 e. The number of unbranched alkanes of at least 4 members (excludes halogenated alkanes) is 1. The zero-order chi connectivity index (χ0) is 10.3. The van der Waals surface area contributed by atoms with Crippen molar-refractivity contribution < 1.29 is 14.7 Å². The van der Waals surface area contributed by atoms with Crippen LogP contribution in [-0.2, 0) is 9.59 Å². The summed E-state index contributed by atoms with van der Waals surface area (Å²) < 4.78 is 0. The highest BCUT2D eigenvalue weighted by Crippen LogP contribution is 1.93. The lowest BCUT2D eigenvalue weighted by Gasteiger charge is -2.11. The van der Waals surface area contributed by atoms with E-state index in [4.69, 9.17) is 10.8 Å². The lowest BCUT2D eigenvalue weighted by molar-refractivity contribution is -0.141. The van der Waals surface area contributed by atoms with Crippen molar-refractivity contribution in [3.05, 3.63) is 0 Å². The van der Waals surface area contributed by atoms with Crippen LogP contribution in [0.2, 0.25) is 0 Å². The van der Waals surface area contributed by atoms with E-state index < -0.39 is 17.9 Å². The highest BCUT2D eigenvalue weighted by molar-refractivity contribution is 5.83. The maximum absolute atomic E-state index is 10.6. The molecule has 0 fully saturated rings. The van der Waals surface area contributed by atoms with Gasteiger partial charge in [-0.25, -0.2) is 0 Å². The number of carbonyl (C=O) groups excluding carboxylic acids is 1. The summed E-state index contributed by atoms with van der Waals surface area (Å²) in [6.45, 7) is 2.60. The van der Waals surface area contributed by atoms with Crippen LogP contribution in [0.4, 0.5) is 0 Å². The van der Waals surface area contributed by atoms with Crippen LogP contribution in [0, 0.1) is 0 Å². The normalized spacial score (nSPS) is 12.4. The molecule has 0 aliphatic rings. The molecule has 0 spiro atoms. The molecule has 1 atom stereocenters. The fraction of sp³-hybridized carbons (Fsp3) is 0.750. The van der Waals surface area contributed by atoms with Crippen molar-refractivity contribution in [2.24, 2.45) is 5.73 Å². The average Bonchev–Trinajstić information content (AvgIpc) is 2.02. The molecule has 0 bridgehead atoms. The highest BCUT2D eigenvalue weighted by Gasteiger charge is 2.18. The molecule has 0 rings (SSSR count). The quantitative estimate of drug-likeness (QED) is 0.478. The van der Waals surface area contributed by atoms with E-state index in [0.29, 0.717) is 6.54 Å². The Morgan fingerprint density at radius 3 is 2.54 bits per heavy atom. The van der Waals surface area contributed by atoms with E-state index in [9.17, 15) is 9.59 Å². The summed E-state index contributed by atoms with van der Waals surface area (Å²) in [5, 5.41) is 11.4. The SMILES string of the molecule is CCCCN[C@H](CC(N)=O)C(=O)O. The van der Waals surface area contributed by atoms with Gasteiger partial charge in [0.25, 0.3) is 0 Å². The van der Waals surface area contributed by atoms with Gasteiger partial charge >= 0.3 is 5.97 Å². The number of hydrogen-bond donors (Lipinski definition) is 3. The van der Waals surface area contributed by atoms with Crippen molar-refractivity contribution in [2.75, 3.05) is 6.54 Å². The number of rotatable bonds is 7. The van der Waals surface area contributed by atoms with E-state index in [1.165, 1.54) is 0 Å². The zero-order valence-corrected chi connectivity index (χ0v) is 7.75. The Morgan fingerprint density at radius 1 is 1.54 bits per heavy atom. The number of nitrogens with one attached hydrogen (secondary N) is 1. The van der Waals surface area contributed by atoms with Crippen molar-refractivity contribution in [3.8, 4) is 0 Å². The molecule has 0 aromatic heterocycles. The van der Waals surface area contributed by atoms with Crippen LogP contribution >= 0.6 is 0 Å². The second kappa shape index (κ2) is 6.42. The zero-order valence-electron chi connectivity index (χ0n) is 7.75. The number of amides is 1. The van der Waals surface area contributed by atoms with Gasteiger partial charge in [-0.3, -0.25) is 9.59 Å². The summed E-state index contributed by atoms with van der Waals surface area (Å²) >= 11 is 0. The minimum Gasteiger partial charge on any atom is -0.480 e. The van der Waals surface area contributed by atoms with E-state index in [-0.39, 0.29) is 6.42 Å². The molecule has 5 nitrogen and oxygen atoms in total. The van der Waals surface area contributed by atoms with Gasteiger partial charge in [0.1, 0.15) is 6.04 Å². The maximum atomic E-state index is 10.6. The number of carboxylic acids is 1. The molecule has 5 heteroatoms. The first-order valence-electron chi connectivity index (χ1n) is 4.32. The molecular formula is C8H16N2O3. The second-order valence-corrected chi connectivity index (χ2v) is 2.87. The Hall–Kier alpha value is -1.10. The van der Waals surface area contributed by atoms with Crippen molar-refractivity contribution in [2.45, 2.75) is 32.2 Å². The van der Waals surface area contributed by atoms with E-state index >= 15 is 0 Å². The number of carbonyl (C=O) groups is 2. The summed E-state index contributed by atoms with van der Waals surface area (Å²) in [6.07, 6.45) is 1.72. The lowest BCUT2D eigenvalue weighted by atomic mass is 10.2. The Labute approximate surface area is 77.3 Å². The molecule has 0 aromatic rings. The third-order valence-corrected chi connectivity index (χ3v) is 1.62. The van der Waals surface area contributed by atoms with Gasteiger partial charge in [0.2, 0.25) is 5.91 Å². The molecule has 0 heterocycles. The molecule has 0 saturated carbocycles. The molecular weight excluding hydrogens is 172 g/mol. The molecule has 1 amide bonds. The molecule has 4 N–H and O–H groups in total. The molecule has 0 aromatic carbocycles. The van der Waals surface area contributed by atoms with Crippen LogP contribution in [0.25, 0.3) is 0 Å². The number of carboxylic acid groups (broad SMARTS) is 1. The van der Waals surface area contributed by atoms with Crippen molar-refractivity contribution >= 4 is 11.9 Å². The topological polar surface area (TPSA) is 92.4 Å². The third-order valence-electron chi connectivity index (χ3n) is 1.62. The minimum absolute atomic E-state index is 0.154. The summed E-state index contributed by atoms with van der Waals surface area (Å²) in [7, 11) is 0. The fourth-order valence-corrected chi connectivity index (χ4v) is 0.901. The largest absolute Gasteiger partial charge is 0.480 e. The predicted molar refractivity (Wildman–Crippen MR) is 48.1 cm³/mol. The Morgan fingerprint density at radius 2 is 2.15 bits per heavy atom. The summed E-state index contributed by atoms with van der Waals surface area (Å²) in [5.41, 5.74) is 4.89. The Kier molecular flexibility index (Phi) is 5.88. The number of nitrogens with two attached hydrogens (primary N) is 1. The summed E-state index contributed by atoms with van der Waals surface area (Å²) in [6, 6.07) is -0.843. The maximum Gasteiger partial charge on any atom is 0.321 e. The number of aliphatic carboxylic acids is 1. The molecule has 13 heavy (non-hydrogen) atoms. The molecule has 0 unspecified atom stereocenters. The predicted octanol–water partition coefficient (Wildman–Crippen LogP) is -0.295. The van der Waals surface area contributed by atoms with E-state index in [1.807, 2.05) is 6.92 Å². The van der Waals surface area contributed by atoms with Gasteiger partial charge < -0.3 is 16.2 Å². The molecule has 0 radical (unpaired) electrons. The van der Waals surface area contributed by atoms with Crippen LogP contribution < -0.4 is 11.1 Å². The Bertz CT molecular complexity index is 182. The standard InChI is InChI=1S/C8H16N2O3/c1-2-3-4-10-6(8(12)13)5-7(9)11/h6,10H,2-5H2,1H3,(H2,9,11)(H,12,13)/t6-/m1/s1. The van der Waals surface area contributed by atoms with E-state index in [2.05, 4.69) is 5.32 Å². The van der Waals surface area contributed by atoms with Crippen LogP contribution in [0.1, 0.15) is 26.2 Å². The monoisotopic (exact) mass is 188 g/mol. The number of primary amides is 1. The van der Waals surface area contributed by atoms with Crippen molar-refractivity contribution in [1.82, 2.24) is 5.32 Å². The lowest BCUT2D eigenvalue weighted by Crippen LogP contribution is -2.40. The van der Waals surface area contributed by atoms with Gasteiger partial charge in [0.05, 0.1) is 6.42 Å². The van der Waals surface area contributed by atoms with Crippen LogP contribution in [0.15, 0.2) is 0 Å². The van der Waals surface area contributed by atoms with Gasteiger partial charge in [0, 0.05) is 0 Å². The fourth-order valence-electron chi connectivity index (χ4n) is 0.901. The van der Waals surface area contributed by atoms with Crippen molar-refractivity contribution in [1.29, 1.82) is 0 Å². The van der Waals surface area contributed by atoms with Crippen molar-refractivity contribution in [3.63, 3.8) is 0 Å². The minimum atomic E-state index is -1.03. The molecule has 0 aliphatic heterocycles. The summed E-state index contributed by atoms with van der Waals surface area (Å²) in [4.78, 5) is 21.0. The van der Waals surface area contributed by atoms with E-state index in [0.717, 1.165) is 12.8 Å². The van der Waals surface area contributed by atoms with Gasteiger partial charge in [-0.05, 0) is 13.0 Å². The van der Waals surface area contributed by atoms with Gasteiger partial charge in [-0.15, -0.1) is 0 Å². The molecule has 0 saturated heterocycles. The van der Waals surface area contributed by atoms with Crippen LogP contribution in [0.3, 0.4) is 0 Å². The van der Waals surface area contributed by atoms with Gasteiger partial charge in [-0.2, -0.15) is 0 Å². The third kappa shape index (κ3) is 6.10. The first-order valence-corrected chi connectivity index (χ1v) is 4.32.